The summed E-state index contributed by atoms with van der Waals surface area (Å²) in [4.78, 5) is 17.4. The van der Waals surface area contributed by atoms with Gasteiger partial charge in [-0.2, -0.15) is 0 Å². The van der Waals surface area contributed by atoms with Crippen LogP contribution in [-0.2, 0) is 6.42 Å². The second kappa shape index (κ2) is 4.44. The van der Waals surface area contributed by atoms with Gasteiger partial charge in [0, 0.05) is 5.56 Å². The van der Waals surface area contributed by atoms with Gasteiger partial charge in [-0.3, -0.25) is 4.79 Å². The van der Waals surface area contributed by atoms with Crippen LogP contribution in [0.2, 0.25) is 0 Å². The van der Waals surface area contributed by atoms with Gasteiger partial charge in [0.15, 0.2) is 0 Å². The molecule has 2 unspecified atom stereocenters. The summed E-state index contributed by atoms with van der Waals surface area (Å²) in [6, 6.07) is 14.5. The van der Waals surface area contributed by atoms with Crippen molar-refractivity contribution in [2.24, 2.45) is 0 Å². The highest BCUT2D eigenvalue weighted by atomic mass is 16.1. The predicted octanol–water partition coefficient (Wildman–Crippen LogP) is 3.38. The Bertz CT molecular complexity index is 956. The normalized spacial score (nSPS) is 21.7. The molecule has 2 aromatic carbocycles. The summed E-state index contributed by atoms with van der Waals surface area (Å²) in [6.07, 6.45) is 1.82. The van der Waals surface area contributed by atoms with Crippen LogP contribution in [0.1, 0.15) is 52.7 Å². The topological polar surface area (TPSA) is 46.9 Å². The number of nitrogens with one attached hydrogen (secondary N) is 1. The Kier molecular flexibility index (Phi) is 2.49. The van der Waals surface area contributed by atoms with Gasteiger partial charge in [-0.15, -0.1) is 0 Å². The zero-order valence-electron chi connectivity index (χ0n) is 12.9. The van der Waals surface area contributed by atoms with Crippen LogP contribution in [-0.4, -0.2) is 15.5 Å². The Balaban J connectivity index is 1.86. The molecular formula is C19H17N3O. The van der Waals surface area contributed by atoms with Crippen molar-refractivity contribution >= 4 is 16.9 Å². The van der Waals surface area contributed by atoms with Crippen LogP contribution in [0.5, 0.6) is 0 Å². The summed E-state index contributed by atoms with van der Waals surface area (Å²) in [6.45, 7) is 2.15. The minimum Gasteiger partial charge on any atom is -0.342 e. The van der Waals surface area contributed by atoms with E-state index >= 15 is 0 Å². The standard InChI is InChI=1S/C19H17N3O/c1-2-11-6-5-7-12-17(11)16-10-14(21-19(12)23)18-20-13-8-3-4-9-15(13)22(16)18/h3-9,14,16H,2,10H2,1H3,(H,21,23). The Morgan fingerprint density at radius 1 is 1.22 bits per heavy atom. The molecule has 4 heteroatoms. The number of para-hydroxylation sites is 2. The number of carbonyl (C=O) groups is 1. The lowest BCUT2D eigenvalue weighted by molar-refractivity contribution is 0.0938. The predicted molar refractivity (Wildman–Crippen MR) is 88.5 cm³/mol. The van der Waals surface area contributed by atoms with Crippen LogP contribution >= 0.6 is 0 Å². The van der Waals surface area contributed by atoms with Gasteiger partial charge in [0.2, 0.25) is 0 Å². The van der Waals surface area contributed by atoms with Crippen LogP contribution in [0.4, 0.5) is 0 Å². The fourth-order valence-electron chi connectivity index (χ4n) is 4.19. The maximum absolute atomic E-state index is 12.6. The third kappa shape index (κ3) is 1.61. The average Bonchev–Trinajstić information content (AvgIpc) is 3.07. The minimum atomic E-state index is -0.00277. The second-order valence-electron chi connectivity index (χ2n) is 6.34. The summed E-state index contributed by atoms with van der Waals surface area (Å²) >= 11 is 0. The maximum Gasteiger partial charge on any atom is 0.252 e. The molecule has 0 aliphatic carbocycles. The number of nitrogens with zero attached hydrogens (tertiary/aromatic N) is 2. The van der Waals surface area contributed by atoms with E-state index in [1.54, 1.807) is 0 Å². The Hall–Kier alpha value is -2.62. The average molecular weight is 303 g/mol. The molecule has 2 aliphatic heterocycles. The first-order valence-electron chi connectivity index (χ1n) is 8.17. The third-order valence-electron chi connectivity index (χ3n) is 5.17. The lowest BCUT2D eigenvalue weighted by Crippen LogP contribution is -2.28. The molecule has 1 N–H and O–H groups in total. The highest BCUT2D eigenvalue weighted by Gasteiger charge is 2.41. The molecule has 1 amide bonds. The van der Waals surface area contributed by atoms with Crippen LogP contribution < -0.4 is 5.32 Å². The highest BCUT2D eigenvalue weighted by Crippen LogP contribution is 2.45. The summed E-state index contributed by atoms with van der Waals surface area (Å²) in [5, 5.41) is 3.17. The van der Waals surface area contributed by atoms with Crippen molar-refractivity contribution in [2.75, 3.05) is 0 Å². The zero-order chi connectivity index (χ0) is 15.6. The lowest BCUT2D eigenvalue weighted by atomic mass is 9.92. The van der Waals surface area contributed by atoms with Crippen molar-refractivity contribution in [1.82, 2.24) is 14.9 Å². The molecule has 114 valence electrons. The highest BCUT2D eigenvalue weighted by molar-refractivity contribution is 5.97. The number of benzene rings is 2. The number of fused-ring (bicyclic) bond motifs is 9. The molecule has 2 aliphatic rings. The van der Waals surface area contributed by atoms with Crippen molar-refractivity contribution < 1.29 is 4.79 Å². The van der Waals surface area contributed by atoms with E-state index in [2.05, 4.69) is 35.0 Å². The van der Waals surface area contributed by atoms with Gasteiger partial charge in [0.1, 0.15) is 5.82 Å². The first kappa shape index (κ1) is 12.9. The van der Waals surface area contributed by atoms with Gasteiger partial charge >= 0.3 is 0 Å². The number of amides is 1. The van der Waals surface area contributed by atoms with Gasteiger partial charge in [-0.1, -0.05) is 31.2 Å². The third-order valence-corrected chi connectivity index (χ3v) is 5.17. The van der Waals surface area contributed by atoms with Crippen LogP contribution in [0.25, 0.3) is 11.0 Å². The van der Waals surface area contributed by atoms with Crippen molar-refractivity contribution in [1.29, 1.82) is 0 Å². The van der Waals surface area contributed by atoms with Gasteiger partial charge in [-0.25, -0.2) is 4.98 Å². The molecule has 1 aromatic heterocycles. The molecule has 3 heterocycles. The second-order valence-corrected chi connectivity index (χ2v) is 6.34. The quantitative estimate of drug-likeness (QED) is 0.749. The minimum absolute atomic E-state index is 0.00277. The van der Waals surface area contributed by atoms with E-state index in [-0.39, 0.29) is 18.0 Å². The van der Waals surface area contributed by atoms with Crippen LogP contribution in [0.15, 0.2) is 42.5 Å². The Labute approximate surface area is 134 Å². The largest absolute Gasteiger partial charge is 0.342 e. The zero-order valence-corrected chi connectivity index (χ0v) is 12.9. The summed E-state index contributed by atoms with van der Waals surface area (Å²) < 4.78 is 2.33. The Morgan fingerprint density at radius 2 is 2.09 bits per heavy atom. The molecule has 0 saturated heterocycles. The molecule has 0 saturated carbocycles. The molecular weight excluding hydrogens is 286 g/mol. The molecule has 5 rings (SSSR count). The number of rotatable bonds is 1. The Morgan fingerprint density at radius 3 is 2.96 bits per heavy atom. The molecule has 2 atom stereocenters. The molecule has 23 heavy (non-hydrogen) atoms. The van der Waals surface area contributed by atoms with E-state index in [0.29, 0.717) is 0 Å². The summed E-state index contributed by atoms with van der Waals surface area (Å²) in [5.74, 6) is 1.02. The molecule has 0 spiro atoms. The maximum atomic E-state index is 12.6. The molecule has 0 radical (unpaired) electrons. The number of imidazole rings is 1. The van der Waals surface area contributed by atoms with Crippen molar-refractivity contribution in [3.63, 3.8) is 0 Å². The molecule has 4 nitrogen and oxygen atoms in total. The van der Waals surface area contributed by atoms with Gasteiger partial charge in [0.25, 0.3) is 5.91 Å². The number of hydrogen-bond donors (Lipinski definition) is 1. The smallest absolute Gasteiger partial charge is 0.252 e. The van der Waals surface area contributed by atoms with Crippen molar-refractivity contribution in [3.05, 3.63) is 65.0 Å². The molecule has 3 aromatic rings. The van der Waals surface area contributed by atoms with E-state index in [1.807, 2.05) is 24.3 Å². The van der Waals surface area contributed by atoms with E-state index in [9.17, 15) is 4.79 Å². The van der Waals surface area contributed by atoms with E-state index in [0.717, 1.165) is 35.3 Å². The van der Waals surface area contributed by atoms with Gasteiger partial charge in [-0.05, 0) is 42.2 Å². The number of aryl methyl sites for hydroxylation is 1. The van der Waals surface area contributed by atoms with Crippen molar-refractivity contribution in [2.45, 2.75) is 31.8 Å². The first-order chi connectivity index (χ1) is 11.3. The fraction of sp³-hybridized carbons (Fsp3) is 0.263. The van der Waals surface area contributed by atoms with Gasteiger partial charge in [0.05, 0.1) is 23.1 Å². The van der Waals surface area contributed by atoms with Crippen LogP contribution in [0.3, 0.4) is 0 Å². The lowest BCUT2D eigenvalue weighted by Gasteiger charge is -2.20. The van der Waals surface area contributed by atoms with E-state index < -0.39 is 0 Å². The van der Waals surface area contributed by atoms with E-state index in [1.165, 1.54) is 11.1 Å². The summed E-state index contributed by atoms with van der Waals surface area (Å²) in [7, 11) is 0. The number of hydrogen-bond acceptors (Lipinski definition) is 2. The fourth-order valence-corrected chi connectivity index (χ4v) is 4.19. The first-order valence-corrected chi connectivity index (χ1v) is 8.17. The molecule has 2 bridgehead atoms. The molecule has 0 fully saturated rings. The SMILES string of the molecule is CCc1cccc2c1C1CC(NC2=O)c2nc3ccccc3n21. The van der Waals surface area contributed by atoms with Crippen molar-refractivity contribution in [3.8, 4) is 0 Å². The monoisotopic (exact) mass is 303 g/mol. The number of carbonyl (C=O) groups excluding carboxylic acids is 1. The van der Waals surface area contributed by atoms with E-state index in [4.69, 9.17) is 4.98 Å². The van der Waals surface area contributed by atoms with Crippen LogP contribution in [0, 0.1) is 0 Å². The summed E-state index contributed by atoms with van der Waals surface area (Å²) in [5.41, 5.74) is 5.41. The van der Waals surface area contributed by atoms with Gasteiger partial charge < -0.3 is 9.88 Å². The number of aromatic nitrogens is 2.